The maximum atomic E-state index is 12.3. The normalized spacial score (nSPS) is 15.9. The first kappa shape index (κ1) is 15.0. The molecule has 1 N–H and O–H groups in total. The smallest absolute Gasteiger partial charge is 0.258 e. The van der Waals surface area contributed by atoms with E-state index in [-0.39, 0.29) is 5.91 Å². The Morgan fingerprint density at radius 3 is 2.76 bits per heavy atom. The number of carbonyl (C=O) groups is 1. The highest BCUT2D eigenvalue weighted by atomic mass is 127. The van der Waals surface area contributed by atoms with Gasteiger partial charge in [-0.2, -0.15) is 0 Å². The number of nitrogens with one attached hydrogen (secondary N) is 1. The largest absolute Gasteiger partial charge is 0.298 e. The lowest BCUT2D eigenvalue weighted by Gasteiger charge is -2.19. The Bertz CT molecular complexity index is 635. The van der Waals surface area contributed by atoms with Crippen LogP contribution in [0.15, 0.2) is 29.6 Å². The minimum absolute atomic E-state index is 0.0791. The van der Waals surface area contributed by atoms with Crippen molar-refractivity contribution in [2.45, 2.75) is 38.0 Å². The maximum absolute atomic E-state index is 12.3. The third kappa shape index (κ3) is 3.63. The van der Waals surface area contributed by atoms with Crippen LogP contribution < -0.4 is 5.32 Å². The summed E-state index contributed by atoms with van der Waals surface area (Å²) < 4.78 is 0.955. The number of benzene rings is 1. The number of rotatable bonds is 3. The molecule has 0 spiro atoms. The predicted molar refractivity (Wildman–Crippen MR) is 95.1 cm³/mol. The molecule has 0 radical (unpaired) electrons. The number of nitrogens with zero attached hydrogens (tertiary/aromatic N) is 1. The Morgan fingerprint density at radius 2 is 2.00 bits per heavy atom. The molecule has 1 aliphatic carbocycles. The highest BCUT2D eigenvalue weighted by Crippen LogP contribution is 2.34. The Balaban J connectivity index is 1.69. The molecule has 0 aliphatic heterocycles. The zero-order valence-corrected chi connectivity index (χ0v) is 14.6. The Hall–Kier alpha value is -0.950. The van der Waals surface area contributed by atoms with Gasteiger partial charge < -0.3 is 0 Å². The summed E-state index contributed by atoms with van der Waals surface area (Å²) >= 11 is 3.71. The number of hydrogen-bond donors (Lipinski definition) is 1. The second-order valence-corrected chi connectivity index (χ2v) is 7.37. The zero-order chi connectivity index (χ0) is 14.7. The zero-order valence-electron chi connectivity index (χ0n) is 11.6. The minimum atomic E-state index is -0.0791. The van der Waals surface area contributed by atoms with E-state index < -0.39 is 0 Å². The molecule has 3 rings (SSSR count). The Kier molecular flexibility index (Phi) is 4.90. The second-order valence-electron chi connectivity index (χ2n) is 5.35. The summed E-state index contributed by atoms with van der Waals surface area (Å²) in [6.45, 7) is 0. The molecule has 0 unspecified atom stereocenters. The number of carbonyl (C=O) groups excluding carboxylic acids is 1. The number of thiazole rings is 1. The van der Waals surface area contributed by atoms with Crippen LogP contribution in [-0.4, -0.2) is 10.9 Å². The van der Waals surface area contributed by atoms with Gasteiger partial charge in [-0.05, 0) is 47.6 Å². The molecule has 0 atom stereocenters. The van der Waals surface area contributed by atoms with Crippen LogP contribution in [0.4, 0.5) is 5.13 Å². The van der Waals surface area contributed by atoms with Gasteiger partial charge in [-0.25, -0.2) is 4.98 Å². The lowest BCUT2D eigenvalue weighted by Crippen LogP contribution is -2.13. The minimum Gasteiger partial charge on any atom is -0.298 e. The molecule has 2 aromatic rings. The third-order valence-corrected chi connectivity index (χ3v) is 5.60. The summed E-state index contributed by atoms with van der Waals surface area (Å²) in [6, 6.07) is 7.59. The van der Waals surface area contributed by atoms with Gasteiger partial charge >= 0.3 is 0 Å². The molecule has 1 aromatic heterocycles. The summed E-state index contributed by atoms with van der Waals surface area (Å²) in [5, 5.41) is 5.73. The van der Waals surface area contributed by atoms with E-state index in [0.717, 1.165) is 9.26 Å². The predicted octanol–water partition coefficient (Wildman–Crippen LogP) is 5.05. The quantitative estimate of drug-likeness (QED) is 0.718. The van der Waals surface area contributed by atoms with E-state index in [9.17, 15) is 4.79 Å². The lowest BCUT2D eigenvalue weighted by molar-refractivity contribution is 0.102. The lowest BCUT2D eigenvalue weighted by atomic mass is 9.87. The standard InChI is InChI=1S/C16H17IN2OS/c17-13-9-5-4-8-12(13)15(20)19-16-18-14(10-21-16)11-6-2-1-3-7-11/h4-5,8-11H,1-3,6-7H2,(H,18,19,20). The van der Waals surface area contributed by atoms with Crippen LogP contribution >= 0.6 is 33.9 Å². The van der Waals surface area contributed by atoms with Crippen molar-refractivity contribution in [1.29, 1.82) is 0 Å². The molecule has 21 heavy (non-hydrogen) atoms. The van der Waals surface area contributed by atoms with Crippen molar-refractivity contribution in [2.75, 3.05) is 5.32 Å². The van der Waals surface area contributed by atoms with Crippen molar-refractivity contribution >= 4 is 45.0 Å². The topological polar surface area (TPSA) is 42.0 Å². The van der Waals surface area contributed by atoms with E-state index in [0.29, 0.717) is 16.6 Å². The molecule has 0 bridgehead atoms. The van der Waals surface area contributed by atoms with Crippen LogP contribution in [0.2, 0.25) is 0 Å². The fraction of sp³-hybridized carbons (Fsp3) is 0.375. The average molecular weight is 412 g/mol. The maximum Gasteiger partial charge on any atom is 0.258 e. The van der Waals surface area contributed by atoms with E-state index in [1.54, 1.807) is 0 Å². The molecular weight excluding hydrogens is 395 g/mol. The van der Waals surface area contributed by atoms with Crippen molar-refractivity contribution in [1.82, 2.24) is 4.98 Å². The van der Waals surface area contributed by atoms with Gasteiger partial charge in [0, 0.05) is 14.9 Å². The Labute approximate surface area is 142 Å². The number of anilines is 1. The van der Waals surface area contributed by atoms with Gasteiger partial charge in [0.05, 0.1) is 11.3 Å². The van der Waals surface area contributed by atoms with Gasteiger partial charge in [-0.1, -0.05) is 31.4 Å². The van der Waals surface area contributed by atoms with Crippen LogP contribution in [0.3, 0.4) is 0 Å². The van der Waals surface area contributed by atoms with Crippen molar-refractivity contribution in [3.05, 3.63) is 44.5 Å². The SMILES string of the molecule is O=C(Nc1nc(C2CCCCC2)cs1)c1ccccc1I. The number of halogens is 1. The number of aromatic nitrogens is 1. The first-order chi connectivity index (χ1) is 10.2. The molecule has 3 nitrogen and oxygen atoms in total. The summed E-state index contributed by atoms with van der Waals surface area (Å²) in [6.07, 6.45) is 6.40. The van der Waals surface area contributed by atoms with Gasteiger partial charge in [0.1, 0.15) is 0 Å². The van der Waals surface area contributed by atoms with Gasteiger partial charge in [0.25, 0.3) is 5.91 Å². The Morgan fingerprint density at radius 1 is 1.24 bits per heavy atom. The van der Waals surface area contributed by atoms with Crippen LogP contribution in [0, 0.1) is 3.57 Å². The highest BCUT2D eigenvalue weighted by Gasteiger charge is 2.19. The molecule has 1 fully saturated rings. The summed E-state index contributed by atoms with van der Waals surface area (Å²) in [7, 11) is 0. The number of hydrogen-bond acceptors (Lipinski definition) is 3. The molecule has 0 saturated heterocycles. The molecule has 110 valence electrons. The van der Waals surface area contributed by atoms with Crippen molar-refractivity contribution in [3.63, 3.8) is 0 Å². The van der Waals surface area contributed by atoms with Gasteiger partial charge in [0.15, 0.2) is 5.13 Å². The van der Waals surface area contributed by atoms with Gasteiger partial charge in [0.2, 0.25) is 0 Å². The van der Waals surface area contributed by atoms with E-state index in [1.165, 1.54) is 43.4 Å². The second kappa shape index (κ2) is 6.87. The van der Waals surface area contributed by atoms with E-state index in [2.05, 4.69) is 38.3 Å². The molecular formula is C16H17IN2OS. The van der Waals surface area contributed by atoms with Gasteiger partial charge in [-0.15, -0.1) is 11.3 Å². The van der Waals surface area contributed by atoms with Crippen LogP contribution in [0.25, 0.3) is 0 Å². The summed E-state index contributed by atoms with van der Waals surface area (Å²) in [5.74, 6) is 0.502. The van der Waals surface area contributed by atoms with Crippen LogP contribution in [-0.2, 0) is 0 Å². The fourth-order valence-corrected chi connectivity index (χ4v) is 4.16. The highest BCUT2D eigenvalue weighted by molar-refractivity contribution is 14.1. The van der Waals surface area contributed by atoms with Crippen molar-refractivity contribution < 1.29 is 4.79 Å². The monoisotopic (exact) mass is 412 g/mol. The molecule has 1 heterocycles. The molecule has 5 heteroatoms. The van der Waals surface area contributed by atoms with E-state index in [4.69, 9.17) is 0 Å². The molecule has 1 saturated carbocycles. The first-order valence-electron chi connectivity index (χ1n) is 7.25. The van der Waals surface area contributed by atoms with E-state index >= 15 is 0 Å². The van der Waals surface area contributed by atoms with Crippen LogP contribution in [0.5, 0.6) is 0 Å². The average Bonchev–Trinajstić information content (AvgIpc) is 2.97. The molecule has 1 aliphatic rings. The van der Waals surface area contributed by atoms with Gasteiger partial charge in [-0.3, -0.25) is 10.1 Å². The molecule has 1 aromatic carbocycles. The number of amides is 1. The van der Waals surface area contributed by atoms with Crippen molar-refractivity contribution in [3.8, 4) is 0 Å². The summed E-state index contributed by atoms with van der Waals surface area (Å²) in [4.78, 5) is 16.9. The molecule has 1 amide bonds. The van der Waals surface area contributed by atoms with Crippen molar-refractivity contribution in [2.24, 2.45) is 0 Å². The fourth-order valence-electron chi connectivity index (χ4n) is 2.74. The van der Waals surface area contributed by atoms with E-state index in [1.807, 2.05) is 24.3 Å². The first-order valence-corrected chi connectivity index (χ1v) is 9.21. The third-order valence-electron chi connectivity index (χ3n) is 3.88. The van der Waals surface area contributed by atoms with Crippen LogP contribution in [0.1, 0.15) is 54.1 Å². The summed E-state index contributed by atoms with van der Waals surface area (Å²) in [5.41, 5.74) is 1.85.